The molecule has 4 heterocycles. The summed E-state index contributed by atoms with van der Waals surface area (Å²) in [6, 6.07) is 7.63. The van der Waals surface area contributed by atoms with Crippen LogP contribution in [-0.4, -0.2) is 86.1 Å². The van der Waals surface area contributed by atoms with Gasteiger partial charge >= 0.3 is 12.2 Å². The molecule has 2 aliphatic rings. The smallest absolute Gasteiger partial charge is 0.407 e. The standard InChI is InChI=1S/C39H46F2N8O6/c1-20(2)32(47-39(53)54-5)36(50)48-14-6-8-30(48)34-43-18-28(45-34)24-12-10-22(16-26(24)40)23-11-13-25(27(41)17-23)29-19-44-35(46-29)31-9-7-15-49(31)37(51)33(21(3)4)55-38(42)52/h10-13,16-21,30-33H,6-9,14-15H2,1-5H3,(H2,42,52)(H,43,45)(H,44,46)(H,47,53)/t30-,31-,32-,33-/m0/s1. The van der Waals surface area contributed by atoms with Crippen LogP contribution in [0.25, 0.3) is 33.6 Å². The van der Waals surface area contributed by atoms with Crippen LogP contribution in [-0.2, 0) is 19.1 Å². The Kier molecular flexibility index (Phi) is 11.5. The summed E-state index contributed by atoms with van der Waals surface area (Å²) in [5.74, 6) is -1.20. The molecule has 0 aliphatic carbocycles. The molecule has 0 saturated carbocycles. The highest BCUT2D eigenvalue weighted by Crippen LogP contribution is 2.36. The molecular formula is C39H46F2N8O6. The first-order valence-electron chi connectivity index (χ1n) is 18.4. The number of hydrogen-bond acceptors (Lipinski definition) is 8. The summed E-state index contributed by atoms with van der Waals surface area (Å²) in [5, 5.41) is 2.63. The lowest BCUT2D eigenvalue weighted by Gasteiger charge is -2.30. The fourth-order valence-electron chi connectivity index (χ4n) is 7.38. The number of carbonyl (C=O) groups is 4. The average molecular weight is 761 g/mol. The fraction of sp³-hybridized carbons (Fsp3) is 0.436. The Morgan fingerprint density at radius 2 is 1.29 bits per heavy atom. The van der Waals surface area contributed by atoms with Gasteiger partial charge in [0.25, 0.3) is 5.91 Å². The van der Waals surface area contributed by atoms with E-state index in [1.165, 1.54) is 31.6 Å². The second-order valence-corrected chi connectivity index (χ2v) is 14.6. The minimum absolute atomic E-state index is 0.182. The van der Waals surface area contributed by atoms with E-state index in [4.69, 9.17) is 15.2 Å². The number of carbonyl (C=O) groups excluding carboxylic acids is 4. The van der Waals surface area contributed by atoms with Crippen molar-refractivity contribution in [3.05, 3.63) is 72.1 Å². The minimum Gasteiger partial charge on any atom is -0.453 e. The molecule has 4 aromatic rings. The lowest BCUT2D eigenvalue weighted by Crippen LogP contribution is -2.51. The molecule has 0 unspecified atom stereocenters. The first-order chi connectivity index (χ1) is 26.3. The predicted molar refractivity (Wildman–Crippen MR) is 198 cm³/mol. The lowest BCUT2D eigenvalue weighted by molar-refractivity contribution is -0.143. The molecule has 6 rings (SSSR count). The summed E-state index contributed by atoms with van der Waals surface area (Å²) < 4.78 is 41.1. The van der Waals surface area contributed by atoms with Crippen molar-refractivity contribution in [3.8, 4) is 33.6 Å². The third kappa shape index (κ3) is 8.17. The average Bonchev–Trinajstić information content (AvgIpc) is 3.98. The molecule has 0 radical (unpaired) electrons. The summed E-state index contributed by atoms with van der Waals surface area (Å²) >= 11 is 0. The predicted octanol–water partition coefficient (Wildman–Crippen LogP) is 6.24. The van der Waals surface area contributed by atoms with Crippen LogP contribution in [0.1, 0.15) is 77.1 Å². The highest BCUT2D eigenvalue weighted by atomic mass is 19.1. The number of aromatic nitrogens is 4. The van der Waals surface area contributed by atoms with Gasteiger partial charge in [-0.05, 0) is 72.9 Å². The van der Waals surface area contributed by atoms with Crippen molar-refractivity contribution in [2.45, 2.75) is 77.6 Å². The van der Waals surface area contributed by atoms with Crippen molar-refractivity contribution in [2.24, 2.45) is 17.6 Å². The van der Waals surface area contributed by atoms with Crippen molar-refractivity contribution in [2.75, 3.05) is 20.2 Å². The second kappa shape index (κ2) is 16.3. The molecule has 0 spiro atoms. The van der Waals surface area contributed by atoms with E-state index in [1.807, 2.05) is 13.8 Å². The van der Waals surface area contributed by atoms with Crippen LogP contribution in [0.4, 0.5) is 18.4 Å². The van der Waals surface area contributed by atoms with E-state index in [2.05, 4.69) is 25.3 Å². The van der Waals surface area contributed by atoms with Crippen molar-refractivity contribution in [1.29, 1.82) is 0 Å². The zero-order valence-electron chi connectivity index (χ0n) is 31.4. The summed E-state index contributed by atoms with van der Waals surface area (Å²) in [7, 11) is 1.24. The third-order valence-electron chi connectivity index (χ3n) is 10.2. The molecule has 55 heavy (non-hydrogen) atoms. The van der Waals surface area contributed by atoms with Gasteiger partial charge in [-0.2, -0.15) is 0 Å². The number of amides is 4. The van der Waals surface area contributed by atoms with Crippen LogP contribution in [0.15, 0.2) is 48.8 Å². The van der Waals surface area contributed by atoms with Crippen LogP contribution in [0.3, 0.4) is 0 Å². The topological polar surface area (TPSA) is 189 Å². The highest BCUT2D eigenvalue weighted by Gasteiger charge is 2.39. The third-order valence-corrected chi connectivity index (χ3v) is 10.2. The molecule has 2 saturated heterocycles. The number of rotatable bonds is 11. The largest absolute Gasteiger partial charge is 0.453 e. The number of aromatic amines is 2. The number of halogens is 2. The zero-order valence-corrected chi connectivity index (χ0v) is 31.4. The molecule has 2 aromatic heterocycles. The van der Waals surface area contributed by atoms with Gasteiger partial charge in [-0.3, -0.25) is 9.59 Å². The number of nitrogens with one attached hydrogen (secondary N) is 3. The van der Waals surface area contributed by atoms with E-state index in [9.17, 15) is 19.2 Å². The molecule has 14 nitrogen and oxygen atoms in total. The Labute approximate surface area is 317 Å². The Morgan fingerprint density at radius 1 is 0.800 bits per heavy atom. The van der Waals surface area contributed by atoms with Gasteiger partial charge in [-0.1, -0.05) is 39.8 Å². The molecule has 292 valence electrons. The van der Waals surface area contributed by atoms with E-state index in [0.29, 0.717) is 66.5 Å². The van der Waals surface area contributed by atoms with Crippen LogP contribution in [0.5, 0.6) is 0 Å². The summed E-state index contributed by atoms with van der Waals surface area (Å²) in [6.07, 6.45) is 3.00. The summed E-state index contributed by atoms with van der Waals surface area (Å²) in [6.45, 7) is 8.14. The number of imidazole rings is 2. The van der Waals surface area contributed by atoms with E-state index in [0.717, 1.165) is 6.42 Å². The normalized spacial score (nSPS) is 18.1. The van der Waals surface area contributed by atoms with Gasteiger partial charge in [-0.25, -0.2) is 28.3 Å². The Morgan fingerprint density at radius 3 is 1.71 bits per heavy atom. The molecule has 4 atom stereocenters. The Hall–Kier alpha value is -5.80. The number of H-pyrrole nitrogens is 2. The number of alkyl carbamates (subject to hydrolysis) is 1. The van der Waals surface area contributed by atoms with Crippen LogP contribution >= 0.6 is 0 Å². The molecular weight excluding hydrogens is 714 g/mol. The quantitative estimate of drug-likeness (QED) is 0.138. The van der Waals surface area contributed by atoms with Gasteiger partial charge in [0.15, 0.2) is 6.10 Å². The van der Waals surface area contributed by atoms with Crippen LogP contribution in [0.2, 0.25) is 0 Å². The van der Waals surface area contributed by atoms with Crippen molar-refractivity contribution < 1.29 is 37.4 Å². The van der Waals surface area contributed by atoms with Gasteiger partial charge in [0.05, 0.1) is 43.0 Å². The number of hydrogen-bond donors (Lipinski definition) is 4. The van der Waals surface area contributed by atoms with Crippen molar-refractivity contribution in [1.82, 2.24) is 35.1 Å². The van der Waals surface area contributed by atoms with Gasteiger partial charge in [0.1, 0.15) is 29.3 Å². The molecule has 2 aliphatic heterocycles. The van der Waals surface area contributed by atoms with Crippen LogP contribution in [0, 0.1) is 23.5 Å². The Balaban J connectivity index is 1.16. The fourth-order valence-corrected chi connectivity index (χ4v) is 7.38. The van der Waals surface area contributed by atoms with E-state index in [-0.39, 0.29) is 40.8 Å². The van der Waals surface area contributed by atoms with Crippen molar-refractivity contribution >= 4 is 24.0 Å². The number of likely N-dealkylation sites (tertiary alicyclic amines) is 2. The highest BCUT2D eigenvalue weighted by molar-refractivity contribution is 5.86. The zero-order chi connectivity index (χ0) is 39.6. The maximum Gasteiger partial charge on any atom is 0.407 e. The molecule has 2 fully saturated rings. The van der Waals surface area contributed by atoms with Crippen molar-refractivity contribution in [3.63, 3.8) is 0 Å². The number of nitrogens with zero attached hydrogens (tertiary/aromatic N) is 4. The molecule has 16 heteroatoms. The maximum atomic E-state index is 15.7. The van der Waals surface area contributed by atoms with E-state index in [1.54, 1.807) is 47.9 Å². The monoisotopic (exact) mass is 760 g/mol. The molecule has 2 aromatic carbocycles. The number of primary amides is 1. The summed E-state index contributed by atoms with van der Waals surface area (Å²) in [4.78, 5) is 68.8. The van der Waals surface area contributed by atoms with Gasteiger partial charge in [0, 0.05) is 24.2 Å². The Bertz CT molecular complexity index is 2060. The van der Waals surface area contributed by atoms with Crippen LogP contribution < -0.4 is 11.1 Å². The van der Waals surface area contributed by atoms with Gasteiger partial charge in [-0.15, -0.1) is 0 Å². The first-order valence-corrected chi connectivity index (χ1v) is 18.4. The second-order valence-electron chi connectivity index (χ2n) is 14.6. The van der Waals surface area contributed by atoms with E-state index >= 15 is 8.78 Å². The van der Waals surface area contributed by atoms with Gasteiger partial charge < -0.3 is 40.3 Å². The van der Waals surface area contributed by atoms with Gasteiger partial charge in [0.2, 0.25) is 5.91 Å². The maximum absolute atomic E-state index is 15.7. The lowest BCUT2D eigenvalue weighted by atomic mass is 10.00. The number of benzene rings is 2. The minimum atomic E-state index is -1.03. The molecule has 5 N–H and O–H groups in total. The number of methoxy groups -OCH3 is 1. The SMILES string of the molecule is COC(=O)N[C@H](C(=O)N1CCC[C@H]1c1ncc(-c2ccc(-c3ccc(-c4cnc([C@@H]5CCCN5C(=O)[C@@H](OC(N)=O)C(C)C)[nH]4)c(F)c3)cc2F)[nH]1)C(C)C. The van der Waals surface area contributed by atoms with E-state index < -0.39 is 42.0 Å². The molecule has 4 amide bonds. The number of nitrogens with two attached hydrogens (primary N) is 1. The number of ether oxygens (including phenoxy) is 2. The first kappa shape index (κ1) is 38.9. The molecule has 0 bridgehead atoms. The summed E-state index contributed by atoms with van der Waals surface area (Å²) in [5.41, 5.74) is 7.46.